The molecule has 0 aliphatic rings. The molecule has 162 valence electrons. The van der Waals surface area contributed by atoms with E-state index in [9.17, 15) is 9.59 Å². The molecule has 2 amide bonds. The third-order valence-corrected chi connectivity index (χ3v) is 5.97. The molecule has 0 aliphatic carbocycles. The predicted octanol–water partition coefficient (Wildman–Crippen LogP) is 3.85. The quantitative estimate of drug-likeness (QED) is 0.402. The third-order valence-electron chi connectivity index (χ3n) is 4.47. The van der Waals surface area contributed by atoms with Gasteiger partial charge < -0.3 is 15.4 Å². The standard InChI is InChI=1S/C21H22BrN5O3S/c1-12-8-16(22)17(9-13(12)2)24-19(28)11-31-21-25-18(26-27-21)10-23-20(29)14-4-6-15(30-3)7-5-14/h4-9H,10-11H2,1-3H3,(H,23,29)(H,24,28)(H,25,26,27). The first-order valence-electron chi connectivity index (χ1n) is 9.38. The van der Waals surface area contributed by atoms with Gasteiger partial charge in [0.1, 0.15) is 11.6 Å². The molecule has 0 unspecified atom stereocenters. The van der Waals surface area contributed by atoms with Crippen LogP contribution >= 0.6 is 27.7 Å². The molecule has 31 heavy (non-hydrogen) atoms. The van der Waals surface area contributed by atoms with Crippen molar-refractivity contribution in [2.24, 2.45) is 0 Å². The van der Waals surface area contributed by atoms with E-state index < -0.39 is 0 Å². The van der Waals surface area contributed by atoms with E-state index in [1.807, 2.05) is 26.0 Å². The Bertz CT molecular complexity index is 1090. The van der Waals surface area contributed by atoms with Crippen LogP contribution in [0.1, 0.15) is 27.3 Å². The van der Waals surface area contributed by atoms with Crippen LogP contribution in [0.25, 0.3) is 0 Å². The molecule has 1 aromatic heterocycles. The number of anilines is 1. The lowest BCUT2D eigenvalue weighted by atomic mass is 10.1. The van der Waals surface area contributed by atoms with E-state index >= 15 is 0 Å². The average Bonchev–Trinajstić information content (AvgIpc) is 3.22. The molecule has 3 aromatic rings. The number of methoxy groups -OCH3 is 1. The van der Waals surface area contributed by atoms with Crippen molar-refractivity contribution in [2.75, 3.05) is 18.2 Å². The minimum absolute atomic E-state index is 0.159. The number of halogens is 1. The van der Waals surface area contributed by atoms with Crippen molar-refractivity contribution >= 4 is 45.2 Å². The number of carbonyl (C=O) groups is 2. The number of aryl methyl sites for hydroxylation is 2. The summed E-state index contributed by atoms with van der Waals surface area (Å²) in [5.74, 6) is 0.957. The maximum absolute atomic E-state index is 12.3. The lowest BCUT2D eigenvalue weighted by Gasteiger charge is -2.09. The Hall–Kier alpha value is -2.85. The fourth-order valence-corrected chi connectivity index (χ4v) is 3.80. The minimum atomic E-state index is -0.230. The number of hydrogen-bond donors (Lipinski definition) is 3. The largest absolute Gasteiger partial charge is 0.497 e. The molecule has 3 N–H and O–H groups in total. The van der Waals surface area contributed by atoms with Gasteiger partial charge in [-0.2, -0.15) is 0 Å². The summed E-state index contributed by atoms with van der Waals surface area (Å²) in [5, 5.41) is 12.9. The van der Waals surface area contributed by atoms with E-state index in [2.05, 4.69) is 41.7 Å². The number of aromatic amines is 1. The second-order valence-electron chi connectivity index (χ2n) is 6.73. The van der Waals surface area contributed by atoms with Gasteiger partial charge in [0.2, 0.25) is 11.1 Å². The number of thioether (sulfide) groups is 1. The fraction of sp³-hybridized carbons (Fsp3) is 0.238. The lowest BCUT2D eigenvalue weighted by molar-refractivity contribution is -0.113. The molecule has 3 rings (SSSR count). The van der Waals surface area contributed by atoms with Gasteiger partial charge in [-0.1, -0.05) is 11.8 Å². The number of amides is 2. The second-order valence-corrected chi connectivity index (χ2v) is 8.53. The molecule has 0 aliphatic heterocycles. The van der Waals surface area contributed by atoms with Gasteiger partial charge >= 0.3 is 0 Å². The van der Waals surface area contributed by atoms with Crippen LogP contribution in [0.2, 0.25) is 0 Å². The highest BCUT2D eigenvalue weighted by Crippen LogP contribution is 2.26. The average molecular weight is 504 g/mol. The number of ether oxygens (including phenoxy) is 1. The highest BCUT2D eigenvalue weighted by atomic mass is 79.9. The molecule has 0 fully saturated rings. The summed E-state index contributed by atoms with van der Waals surface area (Å²) < 4.78 is 5.92. The first kappa shape index (κ1) is 22.8. The summed E-state index contributed by atoms with van der Waals surface area (Å²) in [6.07, 6.45) is 0. The van der Waals surface area contributed by atoms with Crippen molar-refractivity contribution in [1.29, 1.82) is 0 Å². The molecule has 2 aromatic carbocycles. The number of rotatable bonds is 8. The molecule has 8 nitrogen and oxygen atoms in total. The highest BCUT2D eigenvalue weighted by molar-refractivity contribution is 9.10. The van der Waals surface area contributed by atoms with Crippen molar-refractivity contribution in [2.45, 2.75) is 25.5 Å². The molecular weight excluding hydrogens is 482 g/mol. The van der Waals surface area contributed by atoms with Crippen LogP contribution in [-0.2, 0) is 11.3 Å². The summed E-state index contributed by atoms with van der Waals surface area (Å²) in [6, 6.07) is 10.7. The zero-order chi connectivity index (χ0) is 22.4. The van der Waals surface area contributed by atoms with Crippen LogP contribution in [-0.4, -0.2) is 39.9 Å². The van der Waals surface area contributed by atoms with Gasteiger partial charge in [0, 0.05) is 10.0 Å². The Morgan fingerprint density at radius 2 is 1.87 bits per heavy atom. The molecule has 0 saturated heterocycles. The Morgan fingerprint density at radius 1 is 1.16 bits per heavy atom. The van der Waals surface area contributed by atoms with E-state index in [4.69, 9.17) is 4.74 Å². The number of carbonyl (C=O) groups excluding carboxylic acids is 2. The number of aromatic nitrogens is 3. The van der Waals surface area contributed by atoms with Gasteiger partial charge in [-0.15, -0.1) is 5.10 Å². The second kappa shape index (κ2) is 10.5. The van der Waals surface area contributed by atoms with Gasteiger partial charge in [-0.25, -0.2) is 4.98 Å². The number of H-pyrrole nitrogens is 1. The number of benzene rings is 2. The van der Waals surface area contributed by atoms with Crippen LogP contribution in [0.5, 0.6) is 5.75 Å². The number of hydrogen-bond acceptors (Lipinski definition) is 6. The molecule has 0 radical (unpaired) electrons. The van der Waals surface area contributed by atoms with Crippen LogP contribution in [0, 0.1) is 13.8 Å². The summed E-state index contributed by atoms with van der Waals surface area (Å²) in [6.45, 7) is 4.21. The van der Waals surface area contributed by atoms with E-state index in [1.165, 1.54) is 11.8 Å². The lowest BCUT2D eigenvalue weighted by Crippen LogP contribution is -2.23. The maximum atomic E-state index is 12.3. The molecule has 10 heteroatoms. The highest BCUT2D eigenvalue weighted by Gasteiger charge is 2.12. The smallest absolute Gasteiger partial charge is 0.251 e. The topological polar surface area (TPSA) is 109 Å². The Balaban J connectivity index is 1.47. The summed E-state index contributed by atoms with van der Waals surface area (Å²) >= 11 is 4.68. The predicted molar refractivity (Wildman–Crippen MR) is 124 cm³/mol. The first-order valence-corrected chi connectivity index (χ1v) is 11.2. The Labute approximate surface area is 192 Å². The van der Waals surface area contributed by atoms with E-state index in [-0.39, 0.29) is 24.1 Å². The van der Waals surface area contributed by atoms with E-state index in [0.717, 1.165) is 21.3 Å². The van der Waals surface area contributed by atoms with Gasteiger partial charge in [0.25, 0.3) is 5.91 Å². The molecule has 0 bridgehead atoms. The molecule has 1 heterocycles. The van der Waals surface area contributed by atoms with Crippen molar-refractivity contribution in [1.82, 2.24) is 20.5 Å². The minimum Gasteiger partial charge on any atom is -0.497 e. The van der Waals surface area contributed by atoms with Crippen molar-refractivity contribution < 1.29 is 14.3 Å². The van der Waals surface area contributed by atoms with Crippen molar-refractivity contribution in [3.63, 3.8) is 0 Å². The van der Waals surface area contributed by atoms with Gasteiger partial charge in [-0.05, 0) is 77.3 Å². The third kappa shape index (κ3) is 6.31. The molecular formula is C21H22BrN5O3S. The van der Waals surface area contributed by atoms with E-state index in [1.54, 1.807) is 31.4 Å². The molecule has 0 atom stereocenters. The molecule has 0 spiro atoms. The Kier molecular flexibility index (Phi) is 7.69. The van der Waals surface area contributed by atoms with Crippen molar-refractivity contribution in [3.05, 3.63) is 63.4 Å². The molecule has 0 saturated carbocycles. The van der Waals surface area contributed by atoms with Gasteiger partial charge in [0.05, 0.1) is 25.1 Å². The van der Waals surface area contributed by atoms with E-state index in [0.29, 0.717) is 22.3 Å². The van der Waals surface area contributed by atoms with Crippen LogP contribution < -0.4 is 15.4 Å². The summed E-state index contributed by atoms with van der Waals surface area (Å²) in [4.78, 5) is 28.8. The van der Waals surface area contributed by atoms with Crippen molar-refractivity contribution in [3.8, 4) is 5.75 Å². The Morgan fingerprint density at radius 3 is 2.58 bits per heavy atom. The number of nitrogens with zero attached hydrogens (tertiary/aromatic N) is 2. The zero-order valence-corrected chi connectivity index (χ0v) is 19.7. The summed E-state index contributed by atoms with van der Waals surface area (Å²) in [7, 11) is 1.57. The summed E-state index contributed by atoms with van der Waals surface area (Å²) in [5.41, 5.74) is 3.49. The first-order chi connectivity index (χ1) is 14.9. The zero-order valence-electron chi connectivity index (χ0n) is 17.3. The van der Waals surface area contributed by atoms with Crippen LogP contribution in [0.3, 0.4) is 0 Å². The monoisotopic (exact) mass is 503 g/mol. The number of nitrogens with one attached hydrogen (secondary N) is 3. The normalized spacial score (nSPS) is 10.6. The SMILES string of the molecule is COc1ccc(C(=O)NCc2nc(SCC(=O)Nc3cc(C)c(C)cc3Br)n[nH]2)cc1. The fourth-order valence-electron chi connectivity index (χ4n) is 2.62. The van der Waals surface area contributed by atoms with Gasteiger partial charge in [-0.3, -0.25) is 14.7 Å². The van der Waals surface area contributed by atoms with Crippen LogP contribution in [0.15, 0.2) is 46.0 Å². The maximum Gasteiger partial charge on any atom is 0.251 e. The van der Waals surface area contributed by atoms with Gasteiger partial charge in [0.15, 0.2) is 0 Å². The van der Waals surface area contributed by atoms with Crippen LogP contribution in [0.4, 0.5) is 5.69 Å².